The smallest absolute Gasteiger partial charge is 0.315 e. The molecular formula is C21H26N2O3. The number of aliphatic hydroxyl groups is 1. The predicted octanol–water partition coefficient (Wildman–Crippen LogP) is 3.19. The van der Waals surface area contributed by atoms with E-state index in [1.165, 1.54) is 36.1 Å². The zero-order valence-corrected chi connectivity index (χ0v) is 15.0. The maximum absolute atomic E-state index is 12.1. The molecule has 0 saturated carbocycles. The van der Waals surface area contributed by atoms with Gasteiger partial charge in [-0.05, 0) is 67.0 Å². The molecule has 2 amide bonds. The molecule has 4 N–H and O–H groups in total. The number of aryl methyl sites for hydroxylation is 2. The molecule has 1 aliphatic carbocycles. The molecule has 2 aromatic rings. The average molecular weight is 354 g/mol. The quantitative estimate of drug-likeness (QED) is 0.666. The molecule has 2 atom stereocenters. The molecule has 0 unspecified atom stereocenters. The van der Waals surface area contributed by atoms with Crippen molar-refractivity contribution in [3.8, 4) is 5.75 Å². The molecule has 0 saturated heterocycles. The number of hydrogen-bond donors (Lipinski definition) is 4. The number of rotatable bonds is 5. The molecule has 0 bridgehead atoms. The summed E-state index contributed by atoms with van der Waals surface area (Å²) < 4.78 is 0. The van der Waals surface area contributed by atoms with Crippen LogP contribution >= 0.6 is 0 Å². The standard InChI is InChI=1S/C21H26N2O3/c1-14(20(25)17-8-10-19(24)11-9-17)23-21(26)22-13-15-6-7-16-4-2-3-5-18(16)12-15/h6-12,14,20,24-25H,2-5,13H2,1H3,(H2,22,23,26)/t14-,20-/m1/s1. The number of phenols is 1. The van der Waals surface area contributed by atoms with Gasteiger partial charge in [0, 0.05) is 6.54 Å². The fourth-order valence-corrected chi connectivity index (χ4v) is 3.38. The van der Waals surface area contributed by atoms with Crippen molar-refractivity contribution in [1.29, 1.82) is 0 Å². The molecule has 2 aromatic carbocycles. The van der Waals surface area contributed by atoms with Gasteiger partial charge in [0.25, 0.3) is 0 Å². The molecule has 0 heterocycles. The van der Waals surface area contributed by atoms with Crippen LogP contribution in [0.4, 0.5) is 4.79 Å². The third-order valence-corrected chi connectivity index (χ3v) is 4.93. The lowest BCUT2D eigenvalue weighted by Crippen LogP contribution is -2.43. The fourth-order valence-electron chi connectivity index (χ4n) is 3.38. The molecule has 26 heavy (non-hydrogen) atoms. The van der Waals surface area contributed by atoms with Crippen LogP contribution in [0.5, 0.6) is 5.75 Å². The maximum Gasteiger partial charge on any atom is 0.315 e. The Balaban J connectivity index is 1.51. The van der Waals surface area contributed by atoms with Crippen LogP contribution in [-0.4, -0.2) is 22.3 Å². The van der Waals surface area contributed by atoms with E-state index in [1.807, 2.05) is 0 Å². The first-order chi connectivity index (χ1) is 12.5. The van der Waals surface area contributed by atoms with Crippen molar-refractivity contribution in [2.24, 2.45) is 0 Å². The van der Waals surface area contributed by atoms with Crippen molar-refractivity contribution in [3.05, 3.63) is 64.7 Å². The van der Waals surface area contributed by atoms with Gasteiger partial charge in [0.1, 0.15) is 5.75 Å². The lowest BCUT2D eigenvalue weighted by Gasteiger charge is -2.21. The number of aromatic hydroxyl groups is 1. The van der Waals surface area contributed by atoms with Crippen LogP contribution in [0.2, 0.25) is 0 Å². The highest BCUT2D eigenvalue weighted by Gasteiger charge is 2.18. The van der Waals surface area contributed by atoms with Gasteiger partial charge in [-0.2, -0.15) is 0 Å². The normalized spacial score (nSPS) is 15.6. The van der Waals surface area contributed by atoms with E-state index in [4.69, 9.17) is 0 Å². The summed E-state index contributed by atoms with van der Waals surface area (Å²) in [6.45, 7) is 2.21. The monoisotopic (exact) mass is 354 g/mol. The van der Waals surface area contributed by atoms with Gasteiger partial charge < -0.3 is 20.8 Å². The largest absolute Gasteiger partial charge is 0.508 e. The van der Waals surface area contributed by atoms with Crippen LogP contribution in [0.15, 0.2) is 42.5 Å². The highest BCUT2D eigenvalue weighted by molar-refractivity contribution is 5.74. The first-order valence-electron chi connectivity index (χ1n) is 9.15. The van der Waals surface area contributed by atoms with E-state index < -0.39 is 12.1 Å². The van der Waals surface area contributed by atoms with Crippen molar-refractivity contribution >= 4 is 6.03 Å². The topological polar surface area (TPSA) is 81.6 Å². The Kier molecular flexibility index (Phi) is 5.78. The number of nitrogens with one attached hydrogen (secondary N) is 2. The summed E-state index contributed by atoms with van der Waals surface area (Å²) in [4.78, 5) is 12.1. The lowest BCUT2D eigenvalue weighted by atomic mass is 9.90. The SMILES string of the molecule is C[C@@H](NC(=O)NCc1ccc2c(c1)CCCC2)[C@@H](O)c1ccc(O)cc1. The van der Waals surface area contributed by atoms with Gasteiger partial charge in [0.15, 0.2) is 0 Å². The third kappa shape index (κ3) is 4.55. The summed E-state index contributed by atoms with van der Waals surface area (Å²) >= 11 is 0. The molecule has 0 radical (unpaired) electrons. The summed E-state index contributed by atoms with van der Waals surface area (Å²) in [7, 11) is 0. The number of aliphatic hydroxyl groups excluding tert-OH is 1. The number of hydrogen-bond acceptors (Lipinski definition) is 3. The summed E-state index contributed by atoms with van der Waals surface area (Å²) in [5, 5.41) is 25.2. The van der Waals surface area contributed by atoms with Gasteiger partial charge >= 0.3 is 6.03 Å². The zero-order valence-electron chi connectivity index (χ0n) is 15.0. The first kappa shape index (κ1) is 18.3. The van der Waals surface area contributed by atoms with Gasteiger partial charge in [0.05, 0.1) is 12.1 Å². The Morgan fingerprint density at radius 2 is 1.77 bits per heavy atom. The van der Waals surface area contributed by atoms with E-state index in [-0.39, 0.29) is 11.8 Å². The van der Waals surface area contributed by atoms with Gasteiger partial charge in [-0.25, -0.2) is 4.79 Å². The summed E-state index contributed by atoms with van der Waals surface area (Å²) in [5.41, 5.74) is 4.56. The van der Waals surface area contributed by atoms with Crippen molar-refractivity contribution in [3.63, 3.8) is 0 Å². The Hall–Kier alpha value is -2.53. The molecule has 0 spiro atoms. The second-order valence-electron chi connectivity index (χ2n) is 6.96. The van der Waals surface area contributed by atoms with Crippen molar-refractivity contribution < 1.29 is 15.0 Å². The van der Waals surface area contributed by atoms with Gasteiger partial charge in [0.2, 0.25) is 0 Å². The number of benzene rings is 2. The second kappa shape index (κ2) is 8.23. The molecule has 138 valence electrons. The van der Waals surface area contributed by atoms with Crippen LogP contribution in [0.1, 0.15) is 48.1 Å². The van der Waals surface area contributed by atoms with E-state index in [9.17, 15) is 15.0 Å². The van der Waals surface area contributed by atoms with Crippen LogP contribution in [0.3, 0.4) is 0 Å². The maximum atomic E-state index is 12.1. The highest BCUT2D eigenvalue weighted by Crippen LogP contribution is 2.22. The molecule has 5 nitrogen and oxygen atoms in total. The van der Waals surface area contributed by atoms with Crippen LogP contribution in [-0.2, 0) is 19.4 Å². The Morgan fingerprint density at radius 3 is 2.50 bits per heavy atom. The highest BCUT2D eigenvalue weighted by atomic mass is 16.3. The number of urea groups is 1. The number of fused-ring (bicyclic) bond motifs is 1. The van der Waals surface area contributed by atoms with E-state index >= 15 is 0 Å². The molecule has 0 aliphatic heterocycles. The molecule has 0 aromatic heterocycles. The fraction of sp³-hybridized carbons (Fsp3) is 0.381. The Morgan fingerprint density at radius 1 is 1.08 bits per heavy atom. The first-order valence-corrected chi connectivity index (χ1v) is 9.15. The summed E-state index contributed by atoms with van der Waals surface area (Å²) in [5.74, 6) is 0.143. The van der Waals surface area contributed by atoms with Gasteiger partial charge in [-0.3, -0.25) is 0 Å². The minimum Gasteiger partial charge on any atom is -0.508 e. The minimum atomic E-state index is -0.843. The minimum absolute atomic E-state index is 0.143. The van der Waals surface area contributed by atoms with E-state index in [0.717, 1.165) is 18.4 Å². The van der Waals surface area contributed by atoms with Crippen molar-refractivity contribution in [1.82, 2.24) is 10.6 Å². The summed E-state index contributed by atoms with van der Waals surface area (Å²) in [6, 6.07) is 12.0. The van der Waals surface area contributed by atoms with Crippen molar-refractivity contribution in [2.45, 2.75) is 51.3 Å². The second-order valence-corrected chi connectivity index (χ2v) is 6.96. The van der Waals surface area contributed by atoms with E-state index in [0.29, 0.717) is 12.1 Å². The molecule has 5 heteroatoms. The molecule has 1 aliphatic rings. The van der Waals surface area contributed by atoms with Crippen LogP contribution < -0.4 is 10.6 Å². The number of carbonyl (C=O) groups excluding carboxylic acids is 1. The van der Waals surface area contributed by atoms with Gasteiger partial charge in [-0.15, -0.1) is 0 Å². The van der Waals surface area contributed by atoms with Crippen LogP contribution in [0, 0.1) is 0 Å². The van der Waals surface area contributed by atoms with Gasteiger partial charge in [-0.1, -0.05) is 30.3 Å². The molecule has 3 rings (SSSR count). The lowest BCUT2D eigenvalue weighted by molar-refractivity contribution is 0.137. The zero-order chi connectivity index (χ0) is 18.5. The van der Waals surface area contributed by atoms with E-state index in [2.05, 4.69) is 28.8 Å². The predicted molar refractivity (Wildman–Crippen MR) is 101 cm³/mol. The molecule has 0 fully saturated rings. The van der Waals surface area contributed by atoms with E-state index in [1.54, 1.807) is 19.1 Å². The summed E-state index contributed by atoms with van der Waals surface area (Å²) in [6.07, 6.45) is 3.91. The number of amides is 2. The van der Waals surface area contributed by atoms with Crippen LogP contribution in [0.25, 0.3) is 0 Å². The number of carbonyl (C=O) groups is 1. The Labute approximate surface area is 154 Å². The third-order valence-electron chi connectivity index (χ3n) is 4.93. The average Bonchev–Trinajstić information content (AvgIpc) is 2.66. The van der Waals surface area contributed by atoms with Crippen molar-refractivity contribution in [2.75, 3.05) is 0 Å². The Bertz CT molecular complexity index is 758. The number of phenolic OH excluding ortho intramolecular Hbond substituents is 1. The molecular weight excluding hydrogens is 328 g/mol.